The van der Waals surface area contributed by atoms with Gasteiger partial charge in [0.05, 0.1) is 12.7 Å². The van der Waals surface area contributed by atoms with Crippen molar-refractivity contribution in [2.24, 2.45) is 41.4 Å². The lowest BCUT2D eigenvalue weighted by Crippen LogP contribution is -2.64. The number of amides is 11. The molecule has 26 nitrogen and oxygen atoms in total. The van der Waals surface area contributed by atoms with E-state index in [4.69, 9.17) is 9.47 Å². The molecule has 0 aromatic rings. The molecule has 0 unspecified atom stereocenters. The number of aliphatic hydroxyl groups is 1. The normalized spacial score (nSPS) is 26.2. The maximum atomic E-state index is 15.4. The van der Waals surface area contributed by atoms with E-state index in [0.717, 1.165) is 14.7 Å². The van der Waals surface area contributed by atoms with Gasteiger partial charge in [-0.25, -0.2) is 4.79 Å². The van der Waals surface area contributed by atoms with Gasteiger partial charge < -0.3 is 70.1 Å². The van der Waals surface area contributed by atoms with Crippen LogP contribution < -0.4 is 21.3 Å². The summed E-state index contributed by atoms with van der Waals surface area (Å²) >= 11 is 0. The molecule has 5 N–H and O–H groups in total. The van der Waals surface area contributed by atoms with Gasteiger partial charge >= 0.3 is 5.97 Å². The lowest BCUT2D eigenvalue weighted by atomic mass is 9.91. The highest BCUT2D eigenvalue weighted by atomic mass is 16.6. The van der Waals surface area contributed by atoms with Crippen LogP contribution in [0.4, 0.5) is 0 Å². The van der Waals surface area contributed by atoms with E-state index < -0.39 is 180 Å². The minimum Gasteiger partial charge on any atom is -0.458 e. The van der Waals surface area contributed by atoms with Gasteiger partial charge in [-0.1, -0.05) is 109 Å². The number of hydrogen-bond acceptors (Lipinski definition) is 15. The molecule has 1 rings (SSSR count). The number of aliphatic hydroxyl groups excluding tert-OH is 1. The Morgan fingerprint density at radius 3 is 1.33 bits per heavy atom. The molecule has 0 bridgehead atoms. The molecule has 11 amide bonds. The first-order chi connectivity index (χ1) is 43.7. The molecule has 0 spiro atoms. The molecule has 544 valence electrons. The molecule has 26 heteroatoms. The number of rotatable bonds is 19. The second-order valence-corrected chi connectivity index (χ2v) is 29.4. The molecular weight excluding hydrogens is 1220 g/mol. The first-order valence-electron chi connectivity index (χ1n) is 33.9. The summed E-state index contributed by atoms with van der Waals surface area (Å²) < 4.78 is 11.3. The average Bonchev–Trinajstić information content (AvgIpc) is 0.813. The first-order valence-corrected chi connectivity index (χ1v) is 33.9. The molecule has 1 aliphatic rings. The quantitative estimate of drug-likeness (QED) is 0.0902. The number of nitrogens with one attached hydrogen (secondary N) is 4. The Labute approximate surface area is 567 Å². The van der Waals surface area contributed by atoms with Crippen molar-refractivity contribution in [3.05, 3.63) is 12.2 Å². The molecule has 0 aromatic heterocycles. The number of ether oxygens (including phenoxy) is 2. The van der Waals surface area contributed by atoms with Crippen molar-refractivity contribution in [1.29, 1.82) is 0 Å². The third-order valence-electron chi connectivity index (χ3n) is 17.3. The SMILES string of the molecule is CC=CC[C@@H](C)[C@@H](O)[C@H]1C(=O)N[C@@H](CC)C(=O)N(C)[C@H](COCC(=O)OC(C)(C)C)C(=O)N(C)[C@@H](CC(C)C)C(=O)N[C@@H](C(C)C)C(=O)N(C)[C@@H](CC(C)C)C(=O)N[C@@H](C)C(=O)N[C@H](C)C(=O)N(C)[C@@H](CC(C)C)C(=O)N(C)[C@@H](CC(C)C)C(=O)N(C)[C@@H](C(C)C)C(=O)N1C. The minimum atomic E-state index is -1.70. The van der Waals surface area contributed by atoms with Crippen LogP contribution in [0.15, 0.2) is 12.2 Å². The van der Waals surface area contributed by atoms with Gasteiger partial charge in [-0.05, 0) is 121 Å². The number of esters is 1. The maximum Gasteiger partial charge on any atom is 0.332 e. The number of likely N-dealkylation sites (N-methyl/N-ethyl adjacent to an activating group) is 7. The Morgan fingerprint density at radius 2 is 0.884 bits per heavy atom. The standard InChI is InChI=1S/C69H123N11O15/c1-28-30-31-44(15)57(82)56-61(86)72-47(29-2)63(88)78(25)52(36-94-37-53(81)95-69(18,19)20)66(91)74(21)49(33-39(5)6)60(85)73-54(42(11)12)67(92)75(22)48(32-38(3)4)59(84)70-45(16)58(83)71-46(17)62(87)76(23)50(34-40(7)8)64(89)77(24)51(35-41(9)10)65(90)79(26)55(43(13)14)68(93)80(56)27/h28,30,38-52,54-57,82H,29,31-37H2,1-27H3,(H,70,84)(H,71,83)(H,72,86)(H,73,85)/t44-,45+,46-,47+,48+,49+,50+,51+,52-,54+,55+,56+,57-/m1/s1. The van der Waals surface area contributed by atoms with E-state index >= 15 is 28.8 Å². The molecule has 95 heavy (non-hydrogen) atoms. The molecule has 0 saturated carbocycles. The third-order valence-corrected chi connectivity index (χ3v) is 17.3. The van der Waals surface area contributed by atoms with E-state index in [0.29, 0.717) is 0 Å². The van der Waals surface area contributed by atoms with Crippen molar-refractivity contribution in [3.8, 4) is 0 Å². The van der Waals surface area contributed by atoms with Crippen molar-refractivity contribution in [2.75, 3.05) is 62.5 Å². The van der Waals surface area contributed by atoms with E-state index in [2.05, 4.69) is 21.3 Å². The minimum absolute atomic E-state index is 0.0365. The molecule has 0 aromatic carbocycles. The van der Waals surface area contributed by atoms with Crippen molar-refractivity contribution >= 4 is 70.9 Å². The number of carbonyl (C=O) groups excluding carboxylic acids is 12. The number of allylic oxidation sites excluding steroid dienone is 2. The van der Waals surface area contributed by atoms with Crippen LogP contribution in [-0.4, -0.2) is 251 Å². The Balaban J connectivity index is 4.58. The van der Waals surface area contributed by atoms with Crippen molar-refractivity contribution in [2.45, 2.75) is 255 Å². The fourth-order valence-corrected chi connectivity index (χ4v) is 11.6. The highest BCUT2D eigenvalue weighted by Gasteiger charge is 2.46. The van der Waals surface area contributed by atoms with Crippen molar-refractivity contribution in [3.63, 3.8) is 0 Å². The topological polar surface area (TPSA) is 314 Å². The van der Waals surface area contributed by atoms with Gasteiger partial charge in [-0.15, -0.1) is 0 Å². The summed E-state index contributed by atoms with van der Waals surface area (Å²) in [7, 11) is 9.66. The maximum absolute atomic E-state index is 15.4. The van der Waals surface area contributed by atoms with E-state index in [1.807, 2.05) is 55.4 Å². The zero-order valence-corrected chi connectivity index (χ0v) is 62.6. The van der Waals surface area contributed by atoms with Crippen LogP contribution in [0.1, 0.15) is 177 Å². The zero-order chi connectivity index (χ0) is 73.8. The summed E-state index contributed by atoms with van der Waals surface area (Å²) in [5.41, 5.74) is -0.913. The van der Waals surface area contributed by atoms with Gasteiger partial charge in [0, 0.05) is 49.3 Å². The fourth-order valence-electron chi connectivity index (χ4n) is 11.6. The van der Waals surface area contributed by atoms with E-state index in [1.165, 1.54) is 82.8 Å². The smallest absolute Gasteiger partial charge is 0.332 e. The molecule has 1 aliphatic heterocycles. The molecule has 1 saturated heterocycles. The fraction of sp³-hybridized carbons (Fsp3) is 0.797. The molecule has 13 atom stereocenters. The lowest BCUT2D eigenvalue weighted by Gasteiger charge is -2.41. The first kappa shape index (κ1) is 86.3. The zero-order valence-electron chi connectivity index (χ0n) is 62.6. The van der Waals surface area contributed by atoms with Crippen LogP contribution in [-0.2, 0) is 67.0 Å². The van der Waals surface area contributed by atoms with Crippen molar-refractivity contribution < 1.29 is 72.1 Å². The molecule has 0 radical (unpaired) electrons. The lowest BCUT2D eigenvalue weighted by molar-refractivity contribution is -0.163. The highest BCUT2D eigenvalue weighted by molar-refractivity contribution is 6.00. The van der Waals surface area contributed by atoms with Crippen LogP contribution in [0.5, 0.6) is 0 Å². The molecular formula is C69H123N11O15. The number of hydrogen-bond donors (Lipinski definition) is 5. The monoisotopic (exact) mass is 1350 g/mol. The number of nitrogens with zero attached hydrogens (tertiary/aromatic N) is 7. The second kappa shape index (κ2) is 38.9. The van der Waals surface area contributed by atoms with Gasteiger partial charge in [-0.2, -0.15) is 0 Å². The Kier molecular flexibility index (Phi) is 35.3. The van der Waals surface area contributed by atoms with Crippen LogP contribution in [0.2, 0.25) is 0 Å². The number of carbonyl (C=O) groups is 12. The second-order valence-electron chi connectivity index (χ2n) is 29.4. The van der Waals surface area contributed by atoms with Gasteiger partial charge in [0.2, 0.25) is 65.0 Å². The summed E-state index contributed by atoms with van der Waals surface area (Å²) in [4.78, 5) is 185. The summed E-state index contributed by atoms with van der Waals surface area (Å²) in [5.74, 6) is -11.7. The van der Waals surface area contributed by atoms with Crippen LogP contribution in [0.25, 0.3) is 0 Å². The van der Waals surface area contributed by atoms with Gasteiger partial charge in [-0.3, -0.25) is 52.7 Å². The van der Waals surface area contributed by atoms with E-state index in [1.54, 1.807) is 81.4 Å². The highest BCUT2D eigenvalue weighted by Crippen LogP contribution is 2.26. The molecule has 1 fully saturated rings. The van der Waals surface area contributed by atoms with E-state index in [9.17, 15) is 33.9 Å². The average molecular weight is 1350 g/mol. The summed E-state index contributed by atoms with van der Waals surface area (Å²) in [6.07, 6.45) is 2.53. The van der Waals surface area contributed by atoms with Crippen LogP contribution >= 0.6 is 0 Å². The predicted octanol–water partition coefficient (Wildman–Crippen LogP) is 4.00. The van der Waals surface area contributed by atoms with Gasteiger partial charge in [0.15, 0.2) is 0 Å². The Bertz CT molecular complexity index is 2640. The Hall–Kier alpha value is -6.70. The van der Waals surface area contributed by atoms with Gasteiger partial charge in [0.1, 0.15) is 78.7 Å². The van der Waals surface area contributed by atoms with Crippen molar-refractivity contribution in [1.82, 2.24) is 55.6 Å². The van der Waals surface area contributed by atoms with Crippen LogP contribution in [0.3, 0.4) is 0 Å². The summed E-state index contributed by atoms with van der Waals surface area (Å²) in [6, 6.07) is -14.7. The molecule has 1 heterocycles. The van der Waals surface area contributed by atoms with Crippen LogP contribution in [0, 0.1) is 41.4 Å². The summed E-state index contributed by atoms with van der Waals surface area (Å²) in [6.45, 7) is 33.2. The van der Waals surface area contributed by atoms with E-state index in [-0.39, 0.29) is 62.2 Å². The largest absolute Gasteiger partial charge is 0.458 e. The summed E-state index contributed by atoms with van der Waals surface area (Å²) in [5, 5.41) is 23.3. The Morgan fingerprint density at radius 1 is 0.484 bits per heavy atom. The predicted molar refractivity (Wildman–Crippen MR) is 364 cm³/mol. The third kappa shape index (κ3) is 25.3. The molecule has 0 aliphatic carbocycles. The van der Waals surface area contributed by atoms with Gasteiger partial charge in [0.25, 0.3) is 0 Å².